The zero-order chi connectivity index (χ0) is 23.5. The number of aromatic nitrogens is 4. The van der Waals surface area contributed by atoms with E-state index in [0.29, 0.717) is 28.8 Å². The van der Waals surface area contributed by atoms with Crippen LogP contribution in [0.5, 0.6) is 0 Å². The van der Waals surface area contributed by atoms with Crippen molar-refractivity contribution in [2.45, 2.75) is 49.6 Å². The first-order valence-electron chi connectivity index (χ1n) is 11.6. The summed E-state index contributed by atoms with van der Waals surface area (Å²) in [6, 6.07) is 19.0. The molecule has 0 amide bonds. The molecule has 174 valence electrons. The number of hydrogen-bond donors (Lipinski definition) is 0. The van der Waals surface area contributed by atoms with Crippen molar-refractivity contribution >= 4 is 17.7 Å². The highest BCUT2D eigenvalue weighted by atomic mass is 32.2. The van der Waals surface area contributed by atoms with Gasteiger partial charge in [-0.15, -0.1) is 5.10 Å². The van der Waals surface area contributed by atoms with Crippen LogP contribution in [-0.4, -0.2) is 31.9 Å². The second-order valence-electron chi connectivity index (χ2n) is 8.22. The lowest BCUT2D eigenvalue weighted by atomic mass is 10.1. The first kappa shape index (κ1) is 22.4. The van der Waals surface area contributed by atoms with Crippen molar-refractivity contribution in [3.05, 3.63) is 82.3 Å². The Bertz CT molecular complexity index is 1320. The fourth-order valence-corrected chi connectivity index (χ4v) is 5.53. The maximum absolute atomic E-state index is 13.4. The summed E-state index contributed by atoms with van der Waals surface area (Å²) in [7, 11) is 0. The molecule has 34 heavy (non-hydrogen) atoms. The lowest BCUT2D eigenvalue weighted by Gasteiger charge is -2.21. The van der Waals surface area contributed by atoms with E-state index in [4.69, 9.17) is 9.72 Å². The predicted octanol–water partition coefficient (Wildman–Crippen LogP) is 4.66. The third-order valence-electron chi connectivity index (χ3n) is 5.99. The van der Waals surface area contributed by atoms with E-state index in [1.165, 1.54) is 16.4 Å². The lowest BCUT2D eigenvalue weighted by molar-refractivity contribution is -0.142. The van der Waals surface area contributed by atoms with Crippen molar-refractivity contribution in [1.29, 1.82) is 0 Å². The molecule has 0 aliphatic carbocycles. The van der Waals surface area contributed by atoms with Crippen LogP contribution >= 0.6 is 11.8 Å². The first-order valence-corrected chi connectivity index (χ1v) is 12.5. The summed E-state index contributed by atoms with van der Waals surface area (Å²) < 4.78 is 8.95. The van der Waals surface area contributed by atoms with E-state index in [-0.39, 0.29) is 11.5 Å². The highest BCUT2D eigenvalue weighted by Crippen LogP contribution is 2.38. The molecule has 0 aromatic heterocycles. The zero-order valence-electron chi connectivity index (χ0n) is 19.0. The summed E-state index contributed by atoms with van der Waals surface area (Å²) in [5, 5.41) is 4.72. The molecule has 0 radical (unpaired) electrons. The minimum absolute atomic E-state index is 0.152. The largest absolute Gasteiger partial charge is 0.465 e. The second-order valence-corrected chi connectivity index (χ2v) is 9.29. The molecule has 3 aliphatic rings. The summed E-state index contributed by atoms with van der Waals surface area (Å²) in [5.41, 5.74) is 2.94. The van der Waals surface area contributed by atoms with Crippen molar-refractivity contribution in [1.82, 2.24) is 19.3 Å². The highest BCUT2D eigenvalue weighted by molar-refractivity contribution is 8.00. The Hall–Kier alpha value is -3.39. The number of para-hydroxylation sites is 1. The van der Waals surface area contributed by atoms with Crippen molar-refractivity contribution < 1.29 is 9.53 Å². The molecule has 0 bridgehead atoms. The SMILES string of the molecule is CCOC(=O)C(Sc1nc2nn(-c3ccccc3)c(=O)c-2c2n1CCCCC2)c1ccccc1. The number of carbonyl (C=O) groups excluding carboxylic acids is 1. The van der Waals surface area contributed by atoms with Gasteiger partial charge >= 0.3 is 5.97 Å². The monoisotopic (exact) mass is 474 g/mol. The Morgan fingerprint density at radius 2 is 1.79 bits per heavy atom. The Kier molecular flexibility index (Phi) is 6.49. The Morgan fingerprint density at radius 3 is 2.53 bits per heavy atom. The van der Waals surface area contributed by atoms with E-state index in [2.05, 4.69) is 9.67 Å². The topological polar surface area (TPSA) is 79.0 Å². The third kappa shape index (κ3) is 4.25. The van der Waals surface area contributed by atoms with Crippen LogP contribution in [0.4, 0.5) is 0 Å². The summed E-state index contributed by atoms with van der Waals surface area (Å²) in [6.07, 6.45) is 3.85. The molecule has 2 aromatic rings. The molecule has 3 heterocycles. The van der Waals surface area contributed by atoms with Gasteiger partial charge in [0, 0.05) is 12.2 Å². The molecule has 8 heteroatoms. The van der Waals surface area contributed by atoms with Crippen LogP contribution in [0.15, 0.2) is 70.6 Å². The van der Waals surface area contributed by atoms with Crippen LogP contribution in [0.2, 0.25) is 0 Å². The van der Waals surface area contributed by atoms with Crippen LogP contribution < -0.4 is 5.56 Å². The Morgan fingerprint density at radius 1 is 1.06 bits per heavy atom. The molecular formula is C26H26N4O3S. The molecule has 2 aromatic carbocycles. The molecule has 0 saturated heterocycles. The number of carbonyl (C=O) groups is 1. The number of hydrogen-bond acceptors (Lipinski definition) is 6. The van der Waals surface area contributed by atoms with Gasteiger partial charge in [-0.1, -0.05) is 66.7 Å². The smallest absolute Gasteiger partial charge is 0.324 e. The van der Waals surface area contributed by atoms with Crippen molar-refractivity contribution in [2.24, 2.45) is 0 Å². The van der Waals surface area contributed by atoms with Gasteiger partial charge in [-0.25, -0.2) is 4.98 Å². The van der Waals surface area contributed by atoms with Crippen LogP contribution in [0.3, 0.4) is 0 Å². The number of fused-ring (bicyclic) bond motifs is 3. The highest BCUT2D eigenvalue weighted by Gasteiger charge is 2.31. The van der Waals surface area contributed by atoms with Gasteiger partial charge in [-0.3, -0.25) is 9.59 Å². The van der Waals surface area contributed by atoms with Gasteiger partial charge in [0.05, 0.1) is 12.3 Å². The standard InChI is InChI=1S/C26H26N4O3S/c1-2-33-25(32)22(18-12-6-3-7-13-18)34-26-27-23-21(20-16-10-5-11-17-29(20)26)24(31)30(28-23)19-14-8-4-9-15-19/h3-4,6-9,12-15,22H,2,5,10-11,16-17H2,1H3. The first-order chi connectivity index (χ1) is 16.7. The Balaban J connectivity index is 1.66. The molecule has 0 fully saturated rings. The van der Waals surface area contributed by atoms with Gasteiger partial charge in [0.15, 0.2) is 11.0 Å². The fraction of sp³-hybridized carbons (Fsp3) is 0.308. The normalized spacial score (nSPS) is 14.4. The van der Waals surface area contributed by atoms with Gasteiger partial charge < -0.3 is 9.30 Å². The molecule has 5 rings (SSSR count). The van der Waals surface area contributed by atoms with E-state index in [1.54, 1.807) is 0 Å². The third-order valence-corrected chi connectivity index (χ3v) is 7.22. The zero-order valence-corrected chi connectivity index (χ0v) is 19.8. The van der Waals surface area contributed by atoms with Crippen LogP contribution in [0, 0.1) is 0 Å². The van der Waals surface area contributed by atoms with Crippen LogP contribution in [-0.2, 0) is 22.5 Å². The average molecular weight is 475 g/mol. The maximum Gasteiger partial charge on any atom is 0.324 e. The summed E-state index contributed by atoms with van der Waals surface area (Å²) in [4.78, 5) is 31.2. The minimum Gasteiger partial charge on any atom is -0.465 e. The number of esters is 1. The molecule has 0 N–H and O–H groups in total. The van der Waals surface area contributed by atoms with E-state index in [1.807, 2.05) is 67.6 Å². The van der Waals surface area contributed by atoms with Crippen molar-refractivity contribution in [3.8, 4) is 17.1 Å². The Labute approximate surface area is 202 Å². The fourth-order valence-electron chi connectivity index (χ4n) is 4.39. The second kappa shape index (κ2) is 9.85. The van der Waals surface area contributed by atoms with Crippen LogP contribution in [0.25, 0.3) is 17.1 Å². The molecule has 1 unspecified atom stereocenters. The van der Waals surface area contributed by atoms with Gasteiger partial charge in [0.2, 0.25) is 0 Å². The van der Waals surface area contributed by atoms with Gasteiger partial charge in [-0.2, -0.15) is 4.68 Å². The van der Waals surface area contributed by atoms with Gasteiger partial charge in [0.1, 0.15) is 10.8 Å². The molecular weight excluding hydrogens is 448 g/mol. The van der Waals surface area contributed by atoms with E-state index in [9.17, 15) is 9.59 Å². The molecule has 3 aliphatic heterocycles. The summed E-state index contributed by atoms with van der Waals surface area (Å²) in [5.74, 6) is 0.114. The number of ether oxygens (including phenoxy) is 1. The maximum atomic E-state index is 13.4. The summed E-state index contributed by atoms with van der Waals surface area (Å²) in [6.45, 7) is 2.87. The molecule has 1 atom stereocenters. The van der Waals surface area contributed by atoms with Gasteiger partial charge in [-0.05, 0) is 43.9 Å². The van der Waals surface area contributed by atoms with Crippen molar-refractivity contribution in [2.75, 3.05) is 6.61 Å². The summed E-state index contributed by atoms with van der Waals surface area (Å²) >= 11 is 1.37. The predicted molar refractivity (Wildman–Crippen MR) is 131 cm³/mol. The molecule has 0 spiro atoms. The number of thioether (sulfide) groups is 1. The number of rotatable bonds is 6. The quantitative estimate of drug-likeness (QED) is 0.230. The number of benzene rings is 2. The van der Waals surface area contributed by atoms with Crippen LogP contribution in [0.1, 0.15) is 42.7 Å². The molecule has 0 saturated carbocycles. The van der Waals surface area contributed by atoms with E-state index >= 15 is 0 Å². The van der Waals surface area contributed by atoms with Crippen molar-refractivity contribution in [3.63, 3.8) is 0 Å². The minimum atomic E-state index is -0.561. The van der Waals surface area contributed by atoms with Gasteiger partial charge in [0.25, 0.3) is 5.56 Å². The average Bonchev–Trinajstić information content (AvgIpc) is 3.03. The van der Waals surface area contributed by atoms with E-state index < -0.39 is 5.25 Å². The lowest BCUT2D eigenvalue weighted by Crippen LogP contribution is -2.20. The molecule has 7 nitrogen and oxygen atoms in total. The van der Waals surface area contributed by atoms with E-state index in [0.717, 1.165) is 43.5 Å². The number of nitrogens with zero attached hydrogens (tertiary/aromatic N) is 4.